The van der Waals surface area contributed by atoms with Crippen molar-refractivity contribution in [1.82, 2.24) is 4.90 Å². The van der Waals surface area contributed by atoms with E-state index in [1.165, 1.54) is 31.6 Å². The molecule has 3 N–H and O–H groups in total. The van der Waals surface area contributed by atoms with Gasteiger partial charge in [0.15, 0.2) is 0 Å². The van der Waals surface area contributed by atoms with Gasteiger partial charge in [0.05, 0.1) is 5.57 Å². The minimum atomic E-state index is -0.371. The van der Waals surface area contributed by atoms with E-state index in [2.05, 4.69) is 42.6 Å². The molecule has 0 atom stereocenters. The summed E-state index contributed by atoms with van der Waals surface area (Å²) in [4.78, 5) is 26.7. The maximum Gasteiger partial charge on any atom is 0.258 e. The van der Waals surface area contributed by atoms with Gasteiger partial charge < -0.3 is 20.7 Å². The number of hydrogen-bond acceptors (Lipinski definition) is 4. The van der Waals surface area contributed by atoms with Crippen LogP contribution in [0.5, 0.6) is 0 Å². The van der Waals surface area contributed by atoms with E-state index in [9.17, 15) is 4.79 Å². The van der Waals surface area contributed by atoms with Crippen LogP contribution in [0.1, 0.15) is 59.1 Å². The Balaban J connectivity index is 0. The monoisotopic (exact) mass is 494 g/mol. The molecule has 0 heterocycles. The number of nitrogens with one attached hydrogen (secondary N) is 1. The van der Waals surface area contributed by atoms with Crippen molar-refractivity contribution in [3.05, 3.63) is 84.1 Å². The molecule has 0 aliphatic carbocycles. The van der Waals surface area contributed by atoms with Gasteiger partial charge in [0.25, 0.3) is 5.91 Å². The van der Waals surface area contributed by atoms with Gasteiger partial charge in [-0.15, -0.1) is 0 Å². The number of nitrogens with two attached hydrogens (primary N) is 1. The molecular formula is C30H46N4O2. The summed E-state index contributed by atoms with van der Waals surface area (Å²) in [5.41, 5.74) is 9.88. The zero-order valence-corrected chi connectivity index (χ0v) is 23.3. The summed E-state index contributed by atoms with van der Waals surface area (Å²) in [5.74, 6) is -0.279. The van der Waals surface area contributed by atoms with E-state index in [-0.39, 0.29) is 17.3 Å². The molecule has 2 aromatic rings. The molecule has 0 spiro atoms. The molecule has 6 heteroatoms. The summed E-state index contributed by atoms with van der Waals surface area (Å²) in [6, 6.07) is 17.2. The number of rotatable bonds is 9. The van der Waals surface area contributed by atoms with E-state index in [1.807, 2.05) is 76.9 Å². The van der Waals surface area contributed by atoms with Crippen molar-refractivity contribution in [2.45, 2.75) is 54.9 Å². The first-order valence-corrected chi connectivity index (χ1v) is 12.5. The topological polar surface area (TPSA) is 87.8 Å². The standard InChI is InChI=1S/C20H21N3O.C7H17N.C2H6.CH2O/c1-14-9-11-17(12-10-14)15(2)13-22-19(21)16(3)20(24)23-18-7-5-4-6-8-18;1-4-7-8(5-2)6-3;2*1-2/h4-13H,3H2,1-2H3,(H2,21,22)(H,23,24);4-7H2,1-3H3;1-2H3;1H2/b15-13+;;;. The van der Waals surface area contributed by atoms with Gasteiger partial charge in [-0.05, 0) is 63.2 Å². The van der Waals surface area contributed by atoms with Gasteiger partial charge in [0.1, 0.15) is 12.6 Å². The molecule has 0 aliphatic rings. The number of hydrogen-bond donors (Lipinski definition) is 2. The Morgan fingerprint density at radius 1 is 1.00 bits per heavy atom. The fourth-order valence-corrected chi connectivity index (χ4v) is 2.84. The smallest absolute Gasteiger partial charge is 0.258 e. The number of aliphatic imine (C=N–C) groups is 1. The number of amidine groups is 1. The first kappa shape index (κ1) is 34.7. The van der Waals surface area contributed by atoms with Crippen molar-refractivity contribution in [3.63, 3.8) is 0 Å². The third-order valence-corrected chi connectivity index (χ3v) is 4.95. The summed E-state index contributed by atoms with van der Waals surface area (Å²) in [6.45, 7) is 24.0. The van der Waals surface area contributed by atoms with Crippen LogP contribution < -0.4 is 11.1 Å². The van der Waals surface area contributed by atoms with Crippen molar-refractivity contribution in [2.24, 2.45) is 10.7 Å². The lowest BCUT2D eigenvalue weighted by Crippen LogP contribution is -2.25. The summed E-state index contributed by atoms with van der Waals surface area (Å²) < 4.78 is 0. The number of allylic oxidation sites excluding steroid dienone is 1. The Morgan fingerprint density at radius 3 is 1.97 bits per heavy atom. The third kappa shape index (κ3) is 14.7. The molecule has 0 fully saturated rings. The number of para-hydroxylation sites is 1. The van der Waals surface area contributed by atoms with Crippen molar-refractivity contribution < 1.29 is 9.59 Å². The molecule has 0 saturated carbocycles. The van der Waals surface area contributed by atoms with E-state index < -0.39 is 0 Å². The van der Waals surface area contributed by atoms with Gasteiger partial charge >= 0.3 is 0 Å². The van der Waals surface area contributed by atoms with Gasteiger partial charge in [-0.25, -0.2) is 4.99 Å². The van der Waals surface area contributed by atoms with Crippen LogP contribution in [-0.2, 0) is 9.59 Å². The van der Waals surface area contributed by atoms with E-state index >= 15 is 0 Å². The highest BCUT2D eigenvalue weighted by molar-refractivity contribution is 6.23. The van der Waals surface area contributed by atoms with Crippen LogP contribution in [0.15, 0.2) is 77.9 Å². The summed E-state index contributed by atoms with van der Waals surface area (Å²) >= 11 is 0. The molecule has 1 amide bonds. The Bertz CT molecular complexity index is 916. The number of amides is 1. The number of aryl methyl sites for hydroxylation is 1. The van der Waals surface area contributed by atoms with Crippen molar-refractivity contribution in [2.75, 3.05) is 25.0 Å². The van der Waals surface area contributed by atoms with Gasteiger partial charge in [0, 0.05) is 11.9 Å². The molecule has 2 aromatic carbocycles. The Hall–Kier alpha value is -3.51. The van der Waals surface area contributed by atoms with Crippen molar-refractivity contribution >= 4 is 29.8 Å². The Morgan fingerprint density at radius 2 is 1.53 bits per heavy atom. The third-order valence-electron chi connectivity index (χ3n) is 4.95. The van der Waals surface area contributed by atoms with Crippen molar-refractivity contribution in [3.8, 4) is 0 Å². The van der Waals surface area contributed by atoms with Crippen LogP contribution in [0.3, 0.4) is 0 Å². The van der Waals surface area contributed by atoms with E-state index in [0.29, 0.717) is 5.69 Å². The molecule has 0 saturated heterocycles. The quantitative estimate of drug-likeness (QED) is 0.237. The van der Waals surface area contributed by atoms with E-state index in [0.717, 1.165) is 11.1 Å². The van der Waals surface area contributed by atoms with Gasteiger partial charge in [-0.2, -0.15) is 0 Å². The lowest BCUT2D eigenvalue weighted by molar-refractivity contribution is -0.112. The predicted octanol–water partition coefficient (Wildman–Crippen LogP) is 6.49. The van der Waals surface area contributed by atoms with E-state index in [4.69, 9.17) is 10.5 Å². The maximum atomic E-state index is 12.1. The molecular weight excluding hydrogens is 448 g/mol. The second-order valence-corrected chi connectivity index (χ2v) is 7.52. The SMILES string of the molecule is C=C(C(=O)Nc1ccccc1)C(N)=N/C=C(\C)c1ccc(C)cc1.C=O.CC.CCCN(CC)CC. The first-order chi connectivity index (χ1) is 17.3. The molecule has 36 heavy (non-hydrogen) atoms. The molecule has 0 aliphatic heterocycles. The summed E-state index contributed by atoms with van der Waals surface area (Å²) in [7, 11) is 0. The zero-order chi connectivity index (χ0) is 27.9. The molecule has 0 radical (unpaired) electrons. The molecule has 2 rings (SSSR count). The second-order valence-electron chi connectivity index (χ2n) is 7.52. The molecule has 6 nitrogen and oxygen atoms in total. The van der Waals surface area contributed by atoms with Crippen LogP contribution in [-0.4, -0.2) is 43.1 Å². The number of anilines is 1. The fourth-order valence-electron chi connectivity index (χ4n) is 2.84. The second kappa shape index (κ2) is 22.0. The first-order valence-electron chi connectivity index (χ1n) is 12.5. The van der Waals surface area contributed by atoms with Crippen LogP contribution in [0.4, 0.5) is 5.69 Å². The number of benzene rings is 2. The average molecular weight is 495 g/mol. The maximum absolute atomic E-state index is 12.1. The zero-order valence-electron chi connectivity index (χ0n) is 23.3. The summed E-state index contributed by atoms with van der Waals surface area (Å²) in [6.07, 6.45) is 2.92. The van der Waals surface area contributed by atoms with E-state index in [1.54, 1.807) is 18.3 Å². The minimum absolute atomic E-state index is 0.0925. The normalized spacial score (nSPS) is 10.6. The minimum Gasteiger partial charge on any atom is -0.383 e. The Labute approximate surface area is 219 Å². The molecule has 0 unspecified atom stereocenters. The van der Waals surface area contributed by atoms with Gasteiger partial charge in [-0.1, -0.05) is 89.2 Å². The molecule has 0 bridgehead atoms. The predicted molar refractivity (Wildman–Crippen MR) is 157 cm³/mol. The van der Waals surface area contributed by atoms with Gasteiger partial charge in [-0.3, -0.25) is 4.79 Å². The van der Waals surface area contributed by atoms with Crippen LogP contribution in [0.2, 0.25) is 0 Å². The highest BCUT2D eigenvalue weighted by atomic mass is 16.1. The van der Waals surface area contributed by atoms with Crippen molar-refractivity contribution in [1.29, 1.82) is 0 Å². The fraction of sp³-hybridized carbons (Fsp3) is 0.367. The van der Waals surface area contributed by atoms with Crippen LogP contribution in [0.25, 0.3) is 5.57 Å². The lowest BCUT2D eigenvalue weighted by atomic mass is 10.1. The number of carbonyl (C=O) groups is 2. The molecule has 198 valence electrons. The largest absolute Gasteiger partial charge is 0.383 e. The highest BCUT2D eigenvalue weighted by Crippen LogP contribution is 2.14. The van der Waals surface area contributed by atoms with Gasteiger partial charge in [0.2, 0.25) is 0 Å². The number of carbonyl (C=O) groups excluding carboxylic acids is 2. The molecule has 0 aromatic heterocycles. The lowest BCUT2D eigenvalue weighted by Gasteiger charge is -2.15. The summed E-state index contributed by atoms with van der Waals surface area (Å²) in [5, 5.41) is 2.73. The average Bonchev–Trinajstić information content (AvgIpc) is 2.93. The number of nitrogens with zero attached hydrogens (tertiary/aromatic N) is 2. The highest BCUT2D eigenvalue weighted by Gasteiger charge is 2.10. The van der Waals surface area contributed by atoms with Crippen LogP contribution >= 0.6 is 0 Å². The Kier molecular flexibility index (Phi) is 21.2. The van der Waals surface area contributed by atoms with Crippen LogP contribution in [0, 0.1) is 6.92 Å².